The van der Waals surface area contributed by atoms with Crippen molar-refractivity contribution in [3.8, 4) is 22.3 Å². The van der Waals surface area contributed by atoms with Gasteiger partial charge in [0.1, 0.15) is 0 Å². The number of hydrogen-bond acceptors (Lipinski definition) is 0. The Morgan fingerprint density at radius 2 is 0.758 bits per heavy atom. The van der Waals surface area contributed by atoms with Gasteiger partial charge in [-0.3, -0.25) is 0 Å². The normalized spacial score (nSPS) is 11.1. The Hall–Kier alpha value is -2.25. The zero-order valence-electron chi connectivity index (χ0n) is 39.6. The number of fused-ring (bicyclic) bond motifs is 8. The van der Waals surface area contributed by atoms with E-state index in [1.165, 1.54) is 142 Å². The largest absolute Gasteiger partial charge is 2.00 e. The van der Waals surface area contributed by atoms with Crippen molar-refractivity contribution >= 4 is 48.0 Å². The van der Waals surface area contributed by atoms with E-state index in [-0.39, 0.29) is 93.1 Å². The number of unbranched alkanes of at least 4 members (excludes halogenated alkanes) is 4. The molecule has 66 heavy (non-hydrogen) atoms. The molecular weight excluding hydrogens is 1040 g/mol. The average Bonchev–Trinajstić information content (AvgIpc) is 4.12. The molecule has 6 heteroatoms. The molecule has 0 atom stereocenters. The second-order valence-electron chi connectivity index (χ2n) is 16.9. The summed E-state index contributed by atoms with van der Waals surface area (Å²) in [6.07, 6.45) is 18.6. The second kappa shape index (κ2) is 31.1. The predicted molar refractivity (Wildman–Crippen MR) is 278 cm³/mol. The van der Waals surface area contributed by atoms with Gasteiger partial charge in [0.15, 0.2) is 0 Å². The third kappa shape index (κ3) is 15.9. The van der Waals surface area contributed by atoms with E-state index in [2.05, 4.69) is 185 Å². The van der Waals surface area contributed by atoms with E-state index in [1.807, 2.05) is 12.1 Å². The minimum Gasteiger partial charge on any atom is -1.00 e. The summed E-state index contributed by atoms with van der Waals surface area (Å²) in [5.41, 5.74) is 11.0. The van der Waals surface area contributed by atoms with Crippen LogP contribution < -0.4 is 35.4 Å². The molecule has 0 aliphatic heterocycles. The van der Waals surface area contributed by atoms with Crippen molar-refractivity contribution in [3.63, 3.8) is 0 Å². The first-order valence-corrected chi connectivity index (χ1v) is 27.0. The van der Waals surface area contributed by atoms with Crippen LogP contribution >= 0.6 is 15.8 Å². The van der Waals surface area contributed by atoms with Gasteiger partial charge < -0.3 is 24.8 Å². The van der Waals surface area contributed by atoms with Crippen LogP contribution in [0.2, 0.25) is 0 Å². The fraction of sp³-hybridized carbons (Fsp3) is 0.300. The van der Waals surface area contributed by atoms with Gasteiger partial charge in [-0.15, -0.1) is 91.8 Å². The zero-order valence-corrected chi connectivity index (χ0v) is 47.8. The molecule has 0 unspecified atom stereocenters. The maximum atomic E-state index is 3.30. The predicted octanol–water partition coefficient (Wildman–Crippen LogP) is 10.7. The summed E-state index contributed by atoms with van der Waals surface area (Å²) in [7, 11) is 0.171. The number of rotatable bonds is 14. The Morgan fingerprint density at radius 3 is 1.12 bits per heavy atom. The summed E-state index contributed by atoms with van der Waals surface area (Å²) < 4.78 is 0. The molecule has 0 spiro atoms. The fourth-order valence-corrected chi connectivity index (χ4v) is 14.3. The van der Waals surface area contributed by atoms with Gasteiger partial charge in [0.25, 0.3) is 0 Å². The first-order valence-electron chi connectivity index (χ1n) is 23.6. The second-order valence-corrected chi connectivity index (χ2v) is 21.8. The summed E-state index contributed by atoms with van der Waals surface area (Å²) in [5.74, 6) is 0. The molecule has 0 bridgehead atoms. The van der Waals surface area contributed by atoms with E-state index < -0.39 is 0 Å². The minimum atomic E-state index is 0. The molecule has 0 amide bonds. The number of halogens is 2. The quantitative estimate of drug-likeness (QED) is 0.0752. The first-order chi connectivity index (χ1) is 30.6. The van der Waals surface area contributed by atoms with Crippen molar-refractivity contribution in [3.05, 3.63) is 192 Å². The van der Waals surface area contributed by atoms with Gasteiger partial charge in [0, 0.05) is 0 Å². The van der Waals surface area contributed by atoms with Crippen molar-refractivity contribution in [1.29, 1.82) is 0 Å². The van der Waals surface area contributed by atoms with Crippen LogP contribution in [-0.4, -0.2) is 24.6 Å². The average molecular weight is 1100 g/mol. The van der Waals surface area contributed by atoms with E-state index >= 15 is 0 Å². The Balaban J connectivity index is 0.000000231. The number of hydrogen-bond donors (Lipinski definition) is 0. The molecule has 0 heterocycles. The maximum absolute atomic E-state index is 3.30. The molecule has 0 aromatic heterocycles. The summed E-state index contributed by atoms with van der Waals surface area (Å²) in [6.45, 7) is 9.20. The zero-order chi connectivity index (χ0) is 42.9. The third-order valence-electron chi connectivity index (χ3n) is 12.3. The van der Waals surface area contributed by atoms with Crippen molar-refractivity contribution < 1.29 is 77.2 Å². The first kappa shape index (κ1) is 58.1. The minimum absolute atomic E-state index is 0. The van der Waals surface area contributed by atoms with Crippen molar-refractivity contribution in [2.45, 2.75) is 91.9 Å². The Labute approximate surface area is 451 Å². The van der Waals surface area contributed by atoms with Gasteiger partial charge in [-0.25, -0.2) is 0 Å². The monoisotopic (exact) mass is 1100 g/mol. The van der Waals surface area contributed by atoms with E-state index in [0.29, 0.717) is 0 Å². The van der Waals surface area contributed by atoms with Gasteiger partial charge in [-0.2, -0.15) is 71.8 Å². The summed E-state index contributed by atoms with van der Waals surface area (Å²) in [5, 5.41) is 8.96. The molecule has 0 saturated carbocycles. The molecule has 2 aliphatic rings. The van der Waals surface area contributed by atoms with Crippen LogP contribution in [0.5, 0.6) is 0 Å². The van der Waals surface area contributed by atoms with Crippen molar-refractivity contribution in [2.75, 3.05) is 24.6 Å². The van der Waals surface area contributed by atoms with Gasteiger partial charge >= 0.3 is 52.4 Å². The van der Waals surface area contributed by atoms with Gasteiger partial charge in [-0.05, 0) is 63.2 Å². The smallest absolute Gasteiger partial charge is 1.00 e. The maximum Gasteiger partial charge on any atom is 2.00 e. The van der Waals surface area contributed by atoms with Crippen molar-refractivity contribution in [2.24, 2.45) is 0 Å². The molecule has 8 aromatic rings. The van der Waals surface area contributed by atoms with Crippen molar-refractivity contribution in [1.82, 2.24) is 0 Å². The van der Waals surface area contributed by atoms with E-state index in [4.69, 9.17) is 0 Å². The topological polar surface area (TPSA) is 0 Å². The molecule has 8 aromatic carbocycles. The molecule has 10 rings (SSSR count). The Bertz CT molecular complexity index is 2240. The summed E-state index contributed by atoms with van der Waals surface area (Å²) >= 11 is 0. The van der Waals surface area contributed by atoms with Crippen LogP contribution in [0.25, 0.3) is 43.8 Å². The molecule has 0 radical (unpaired) electrons. The van der Waals surface area contributed by atoms with E-state index in [0.717, 1.165) is 12.8 Å². The van der Waals surface area contributed by atoms with Crippen LogP contribution in [-0.2, 0) is 65.2 Å². The third-order valence-corrected chi connectivity index (χ3v) is 17.7. The van der Waals surface area contributed by atoms with Gasteiger partial charge in [0.05, 0.1) is 0 Å². The molecule has 2 aliphatic carbocycles. The Morgan fingerprint density at radius 1 is 0.424 bits per heavy atom. The molecule has 340 valence electrons. The fourth-order valence-electron chi connectivity index (χ4n) is 8.76. The summed E-state index contributed by atoms with van der Waals surface area (Å²) in [4.78, 5) is 0. The van der Waals surface area contributed by atoms with Crippen LogP contribution in [0.4, 0.5) is 0 Å². The number of benzene rings is 6. The van der Waals surface area contributed by atoms with Crippen LogP contribution in [0.3, 0.4) is 0 Å². The molecule has 0 fully saturated rings. The van der Waals surface area contributed by atoms with Gasteiger partial charge in [-0.1, -0.05) is 152 Å². The standard InChI is InChI=1S/2C17H24P.2C13H9.2ClH.2Zr/c2*1-3-5-11-18(12-6-4-2)17-13-15-9-7-8-10-16(15)14-17;2*1-3-7-12-10(5-1)9-11-6-2-4-8-13(11)12;;;;/h2*7-10,13-14H,3-6,11-12H2,1-2H3;2*1-5,7-8H,9H2;2*1H;;/q4*-1;;;2*+2/p-2. The Kier molecular flexibility index (Phi) is 27.3. The van der Waals surface area contributed by atoms with Gasteiger partial charge in [0.2, 0.25) is 0 Å². The molecule has 0 saturated heterocycles. The SMILES string of the molecule is CCCCP(CCCC)c1cc2ccccc2[cH-]1.CCCCP(CCCC)c1cc2ccccc2[cH-]1.[Cl-].[Cl-].[Zr+2].[Zr+2].[c-]1cccc2c1Cc1ccccc1-2.[c-]1cccc2c1Cc1ccccc1-2. The van der Waals surface area contributed by atoms with Crippen LogP contribution in [0.1, 0.15) is 101 Å². The molecule has 0 N–H and O–H groups in total. The van der Waals surface area contributed by atoms with Crippen LogP contribution in [0.15, 0.2) is 158 Å². The summed E-state index contributed by atoms with van der Waals surface area (Å²) in [6, 6.07) is 63.5. The molecular formula is C60H66Cl2P2Zr2-2. The molecule has 0 nitrogen and oxygen atoms in total. The van der Waals surface area contributed by atoms with E-state index in [1.54, 1.807) is 10.6 Å². The van der Waals surface area contributed by atoms with Crippen LogP contribution in [0, 0.1) is 12.1 Å². The van der Waals surface area contributed by atoms with E-state index in [9.17, 15) is 0 Å².